The van der Waals surface area contributed by atoms with Crippen LogP contribution in [0.15, 0.2) is 11.6 Å². The third-order valence-corrected chi connectivity index (χ3v) is 7.28. The van der Waals surface area contributed by atoms with Crippen molar-refractivity contribution in [2.24, 2.45) is 5.92 Å². The zero-order valence-electron chi connectivity index (χ0n) is 24.0. The molecule has 3 atom stereocenters. The standard InChI is InChI=1S/C27H48N4O5S/c1-9-36-27(35)21(14-17-37-8)28-24(32)20(6)13-16-30(7)26(34)23(18(2)3)29-25(33)22-12-10-11-15-31(22)19(4)5/h13,18-19,21-23H,9-12,14-17H2,1-8H3,(H,28,32)(H,29,33)/b20-13+. The zero-order valence-corrected chi connectivity index (χ0v) is 24.8. The molecule has 1 heterocycles. The first-order valence-corrected chi connectivity index (χ1v) is 14.8. The Labute approximate surface area is 227 Å². The Morgan fingerprint density at radius 3 is 2.38 bits per heavy atom. The molecule has 0 bridgehead atoms. The molecule has 0 radical (unpaired) electrons. The molecule has 212 valence electrons. The van der Waals surface area contributed by atoms with Crippen LogP contribution in [0.5, 0.6) is 0 Å². The lowest BCUT2D eigenvalue weighted by Crippen LogP contribution is -2.57. The van der Waals surface area contributed by atoms with Gasteiger partial charge < -0.3 is 20.3 Å². The van der Waals surface area contributed by atoms with Gasteiger partial charge in [0.1, 0.15) is 12.1 Å². The maximum atomic E-state index is 13.3. The Balaban J connectivity index is 2.82. The van der Waals surface area contributed by atoms with Crippen molar-refractivity contribution in [1.82, 2.24) is 20.4 Å². The fourth-order valence-electron chi connectivity index (χ4n) is 4.31. The van der Waals surface area contributed by atoms with Crippen molar-refractivity contribution >= 4 is 35.5 Å². The van der Waals surface area contributed by atoms with Crippen LogP contribution in [-0.2, 0) is 23.9 Å². The Bertz CT molecular complexity index is 802. The van der Waals surface area contributed by atoms with E-state index in [1.165, 1.54) is 4.90 Å². The molecule has 10 heteroatoms. The smallest absolute Gasteiger partial charge is 0.328 e. The number of nitrogens with one attached hydrogen (secondary N) is 2. The fraction of sp³-hybridized carbons (Fsp3) is 0.778. The molecule has 1 aliphatic heterocycles. The molecular weight excluding hydrogens is 492 g/mol. The number of nitrogens with zero attached hydrogens (tertiary/aromatic N) is 2. The quantitative estimate of drug-likeness (QED) is 0.258. The van der Waals surface area contributed by atoms with Gasteiger partial charge in [0.25, 0.3) is 0 Å². The summed E-state index contributed by atoms with van der Waals surface area (Å²) in [7, 11) is 1.66. The Hall–Kier alpha value is -2.07. The van der Waals surface area contributed by atoms with Gasteiger partial charge in [0.05, 0.1) is 12.6 Å². The molecule has 0 aromatic carbocycles. The summed E-state index contributed by atoms with van der Waals surface area (Å²) < 4.78 is 5.08. The predicted octanol–water partition coefficient (Wildman–Crippen LogP) is 2.60. The van der Waals surface area contributed by atoms with Gasteiger partial charge in [-0.2, -0.15) is 11.8 Å². The summed E-state index contributed by atoms with van der Waals surface area (Å²) in [6.45, 7) is 12.7. The summed E-state index contributed by atoms with van der Waals surface area (Å²) >= 11 is 1.59. The lowest BCUT2D eigenvalue weighted by Gasteiger charge is -2.38. The highest BCUT2D eigenvalue weighted by atomic mass is 32.2. The molecule has 0 aromatic rings. The van der Waals surface area contributed by atoms with Crippen molar-refractivity contribution in [3.63, 3.8) is 0 Å². The van der Waals surface area contributed by atoms with Gasteiger partial charge in [-0.1, -0.05) is 26.3 Å². The minimum atomic E-state index is -0.715. The number of likely N-dealkylation sites (N-methyl/N-ethyl adjacent to an activating group) is 1. The third-order valence-electron chi connectivity index (χ3n) is 6.63. The fourth-order valence-corrected chi connectivity index (χ4v) is 4.78. The topological polar surface area (TPSA) is 108 Å². The van der Waals surface area contributed by atoms with E-state index in [1.54, 1.807) is 38.7 Å². The van der Waals surface area contributed by atoms with E-state index in [2.05, 4.69) is 29.4 Å². The number of hydrogen-bond donors (Lipinski definition) is 2. The van der Waals surface area contributed by atoms with Crippen molar-refractivity contribution in [2.45, 2.75) is 91.4 Å². The molecule has 1 aliphatic rings. The first kappa shape index (κ1) is 33.0. The van der Waals surface area contributed by atoms with Gasteiger partial charge in [0, 0.05) is 25.2 Å². The van der Waals surface area contributed by atoms with E-state index in [1.807, 2.05) is 20.1 Å². The van der Waals surface area contributed by atoms with Gasteiger partial charge in [-0.05, 0) is 71.4 Å². The predicted molar refractivity (Wildman–Crippen MR) is 149 cm³/mol. The molecule has 0 aromatic heterocycles. The molecule has 0 saturated carbocycles. The molecule has 0 spiro atoms. The highest BCUT2D eigenvalue weighted by molar-refractivity contribution is 7.98. The summed E-state index contributed by atoms with van der Waals surface area (Å²) in [5, 5.41) is 5.75. The number of carbonyl (C=O) groups is 4. The van der Waals surface area contributed by atoms with Crippen LogP contribution < -0.4 is 10.6 Å². The molecule has 9 nitrogen and oxygen atoms in total. The van der Waals surface area contributed by atoms with Crippen LogP contribution in [-0.4, -0.2) is 96.4 Å². The molecule has 0 aliphatic carbocycles. The van der Waals surface area contributed by atoms with E-state index < -0.39 is 18.1 Å². The first-order chi connectivity index (χ1) is 17.4. The van der Waals surface area contributed by atoms with Crippen molar-refractivity contribution in [2.75, 3.05) is 38.8 Å². The van der Waals surface area contributed by atoms with E-state index in [4.69, 9.17) is 4.74 Å². The summed E-state index contributed by atoms with van der Waals surface area (Å²) in [6.07, 6.45) is 6.94. The average Bonchev–Trinajstić information content (AvgIpc) is 2.86. The second kappa shape index (κ2) is 16.7. The van der Waals surface area contributed by atoms with Crippen LogP contribution in [0.3, 0.4) is 0 Å². The minimum Gasteiger partial charge on any atom is -0.464 e. The average molecular weight is 541 g/mol. The van der Waals surface area contributed by atoms with Crippen molar-refractivity contribution in [1.29, 1.82) is 0 Å². The van der Waals surface area contributed by atoms with Gasteiger partial charge in [0.2, 0.25) is 17.7 Å². The molecule has 3 unspecified atom stereocenters. The third kappa shape index (κ3) is 10.7. The van der Waals surface area contributed by atoms with Crippen molar-refractivity contribution in [3.8, 4) is 0 Å². The molecule has 1 rings (SSSR count). The maximum Gasteiger partial charge on any atom is 0.328 e. The van der Waals surface area contributed by atoms with E-state index in [0.29, 0.717) is 17.7 Å². The number of esters is 1. The number of likely N-dealkylation sites (tertiary alicyclic amines) is 1. The summed E-state index contributed by atoms with van der Waals surface area (Å²) in [6, 6.07) is -1.34. The number of thioether (sulfide) groups is 1. The Morgan fingerprint density at radius 2 is 1.81 bits per heavy atom. The molecule has 2 N–H and O–H groups in total. The highest BCUT2D eigenvalue weighted by Gasteiger charge is 2.34. The number of amides is 3. The second-order valence-electron chi connectivity index (χ2n) is 10.2. The maximum absolute atomic E-state index is 13.3. The normalized spacial score (nSPS) is 18.3. The molecule has 1 fully saturated rings. The van der Waals surface area contributed by atoms with Crippen molar-refractivity contribution in [3.05, 3.63) is 11.6 Å². The Morgan fingerprint density at radius 1 is 1.14 bits per heavy atom. The van der Waals surface area contributed by atoms with Crippen LogP contribution in [0.25, 0.3) is 0 Å². The van der Waals surface area contributed by atoms with Gasteiger partial charge in [-0.15, -0.1) is 0 Å². The number of rotatable bonds is 14. The number of hydrogen-bond acceptors (Lipinski definition) is 7. The summed E-state index contributed by atoms with van der Waals surface area (Å²) in [5.41, 5.74) is 0.401. The molecule has 37 heavy (non-hydrogen) atoms. The lowest BCUT2D eigenvalue weighted by atomic mass is 9.97. The Kier molecular flexibility index (Phi) is 14.9. The van der Waals surface area contributed by atoms with Crippen LogP contribution in [0.1, 0.15) is 67.2 Å². The van der Waals surface area contributed by atoms with E-state index in [0.717, 1.165) is 25.8 Å². The SMILES string of the molecule is CCOC(=O)C(CCSC)NC(=O)/C(C)=C/CN(C)C(=O)C(NC(=O)C1CCCCN1C(C)C)C(C)C. The monoisotopic (exact) mass is 540 g/mol. The lowest BCUT2D eigenvalue weighted by molar-refractivity contribution is -0.147. The van der Waals surface area contributed by atoms with Crippen LogP contribution >= 0.6 is 11.8 Å². The van der Waals surface area contributed by atoms with Gasteiger partial charge in [-0.3, -0.25) is 19.3 Å². The number of ether oxygens (including phenoxy) is 1. The van der Waals surface area contributed by atoms with Crippen LogP contribution in [0, 0.1) is 5.92 Å². The largest absolute Gasteiger partial charge is 0.464 e. The highest BCUT2D eigenvalue weighted by Crippen LogP contribution is 2.20. The first-order valence-electron chi connectivity index (χ1n) is 13.4. The van der Waals surface area contributed by atoms with E-state index in [-0.39, 0.29) is 48.9 Å². The summed E-state index contributed by atoms with van der Waals surface area (Å²) in [4.78, 5) is 55.0. The minimum absolute atomic E-state index is 0.0925. The van der Waals surface area contributed by atoms with E-state index in [9.17, 15) is 19.2 Å². The number of carbonyl (C=O) groups excluding carboxylic acids is 4. The summed E-state index contributed by atoms with van der Waals surface area (Å²) in [5.74, 6) is -0.513. The second-order valence-corrected chi connectivity index (χ2v) is 11.2. The van der Waals surface area contributed by atoms with Crippen LogP contribution in [0.4, 0.5) is 0 Å². The van der Waals surface area contributed by atoms with Gasteiger partial charge >= 0.3 is 5.97 Å². The molecular formula is C27H48N4O5S. The van der Waals surface area contributed by atoms with Crippen molar-refractivity contribution < 1.29 is 23.9 Å². The van der Waals surface area contributed by atoms with Crippen LogP contribution in [0.2, 0.25) is 0 Å². The zero-order chi connectivity index (χ0) is 28.1. The van der Waals surface area contributed by atoms with Gasteiger partial charge in [-0.25, -0.2) is 4.79 Å². The molecule has 3 amide bonds. The van der Waals surface area contributed by atoms with E-state index >= 15 is 0 Å². The molecule has 1 saturated heterocycles. The van der Waals surface area contributed by atoms with Gasteiger partial charge in [0.15, 0.2) is 0 Å². The number of piperidine rings is 1.